The molecule has 1 unspecified atom stereocenters. The minimum absolute atomic E-state index is 0.0639. The van der Waals surface area contributed by atoms with E-state index in [1.807, 2.05) is 6.07 Å². The maximum Gasteiger partial charge on any atom is 0.418 e. The van der Waals surface area contributed by atoms with Gasteiger partial charge in [-0.2, -0.15) is 13.2 Å². The first-order valence-corrected chi connectivity index (χ1v) is 11.2. The van der Waals surface area contributed by atoms with Crippen molar-refractivity contribution in [2.75, 3.05) is 7.11 Å². The number of methoxy groups -OCH3 is 1. The minimum Gasteiger partial charge on any atom is -0.410 e. The van der Waals surface area contributed by atoms with E-state index in [1.165, 1.54) is 6.07 Å². The van der Waals surface area contributed by atoms with Crippen molar-refractivity contribution >= 4 is 8.32 Å². The van der Waals surface area contributed by atoms with Crippen molar-refractivity contribution in [2.24, 2.45) is 0 Å². The summed E-state index contributed by atoms with van der Waals surface area (Å²) in [5, 5.41) is 0.0639. The lowest BCUT2D eigenvalue weighted by Gasteiger charge is -2.38. The molecule has 0 radical (unpaired) electrons. The molecule has 1 aromatic rings. The number of hydrogen-bond donors (Lipinski definition) is 0. The summed E-state index contributed by atoms with van der Waals surface area (Å²) in [6.45, 7) is 10.8. The van der Waals surface area contributed by atoms with Crippen LogP contribution < -0.4 is 0 Å². The molecule has 0 saturated carbocycles. The van der Waals surface area contributed by atoms with Gasteiger partial charge in [0, 0.05) is 7.11 Å². The van der Waals surface area contributed by atoms with Crippen LogP contribution in [0.4, 0.5) is 13.2 Å². The minimum atomic E-state index is -4.41. The number of halogens is 3. The summed E-state index contributed by atoms with van der Waals surface area (Å²) < 4.78 is 51.0. The van der Waals surface area contributed by atoms with Crippen molar-refractivity contribution in [3.05, 3.63) is 34.9 Å². The maximum absolute atomic E-state index is 13.2. The van der Waals surface area contributed by atoms with Crippen molar-refractivity contribution in [3.63, 3.8) is 0 Å². The van der Waals surface area contributed by atoms with Crippen LogP contribution in [0.5, 0.6) is 0 Å². The van der Waals surface area contributed by atoms with E-state index in [-0.39, 0.29) is 16.7 Å². The highest BCUT2D eigenvalue weighted by atomic mass is 28.4. The number of hydrogen-bond acceptors (Lipinski definition) is 2. The van der Waals surface area contributed by atoms with E-state index in [2.05, 4.69) is 33.9 Å². The Kier molecular flexibility index (Phi) is 5.24. The van der Waals surface area contributed by atoms with Gasteiger partial charge in [0.05, 0.1) is 6.10 Å². The van der Waals surface area contributed by atoms with Gasteiger partial charge in [-0.15, -0.1) is 0 Å². The molecule has 0 spiro atoms. The molecule has 0 heterocycles. The van der Waals surface area contributed by atoms with E-state index in [9.17, 15) is 13.2 Å². The van der Waals surface area contributed by atoms with Crippen LogP contribution in [0, 0.1) is 0 Å². The molecule has 0 amide bonds. The van der Waals surface area contributed by atoms with E-state index in [1.54, 1.807) is 6.07 Å². The second-order valence-corrected chi connectivity index (χ2v) is 12.7. The van der Waals surface area contributed by atoms with Crippen LogP contribution in [0.3, 0.4) is 0 Å². The first-order chi connectivity index (χ1) is 10.9. The van der Waals surface area contributed by atoms with Gasteiger partial charge in [-0.05, 0) is 47.7 Å². The number of benzene rings is 1. The largest absolute Gasteiger partial charge is 0.418 e. The topological polar surface area (TPSA) is 18.5 Å². The fourth-order valence-electron chi connectivity index (χ4n) is 2.98. The average Bonchev–Trinajstić information content (AvgIpc) is 2.80. The first-order valence-electron chi connectivity index (χ1n) is 8.27. The maximum atomic E-state index is 13.2. The highest BCUT2D eigenvalue weighted by Crippen LogP contribution is 2.46. The Morgan fingerprint density at radius 3 is 2.29 bits per heavy atom. The Labute approximate surface area is 143 Å². The molecule has 0 bridgehead atoms. The Hall–Kier alpha value is -0.853. The molecule has 2 atom stereocenters. The van der Waals surface area contributed by atoms with Gasteiger partial charge in [-0.3, -0.25) is 0 Å². The summed E-state index contributed by atoms with van der Waals surface area (Å²) >= 11 is 0. The number of alkyl halides is 3. The summed E-state index contributed by atoms with van der Waals surface area (Å²) in [7, 11) is -0.874. The normalized spacial score (nSPS) is 20.1. The highest BCUT2D eigenvalue weighted by Gasteiger charge is 2.45. The molecule has 136 valence electrons. The molecule has 2 nitrogen and oxygen atoms in total. The molecule has 0 N–H and O–H groups in total. The monoisotopic (exact) mass is 360 g/mol. The van der Waals surface area contributed by atoms with Gasteiger partial charge in [0.15, 0.2) is 14.4 Å². The van der Waals surface area contributed by atoms with E-state index >= 15 is 0 Å². The lowest BCUT2D eigenvalue weighted by molar-refractivity contribution is -0.216. The Morgan fingerprint density at radius 1 is 1.17 bits per heavy atom. The van der Waals surface area contributed by atoms with Crippen LogP contribution in [-0.4, -0.2) is 21.6 Å². The zero-order valence-corrected chi connectivity index (χ0v) is 16.3. The molecule has 24 heavy (non-hydrogen) atoms. The van der Waals surface area contributed by atoms with Gasteiger partial charge in [0.2, 0.25) is 0 Å². The van der Waals surface area contributed by atoms with E-state index in [0.717, 1.165) is 24.7 Å². The average molecular weight is 360 g/mol. The van der Waals surface area contributed by atoms with Crippen molar-refractivity contribution in [3.8, 4) is 0 Å². The summed E-state index contributed by atoms with van der Waals surface area (Å²) in [5.74, 6) is 0. The number of ether oxygens (including phenoxy) is 1. The predicted octanol–water partition coefficient (Wildman–Crippen LogP) is 5.95. The van der Waals surface area contributed by atoms with Crippen LogP contribution in [0.25, 0.3) is 0 Å². The molecule has 1 aromatic carbocycles. The van der Waals surface area contributed by atoms with Gasteiger partial charge in [0.1, 0.15) is 0 Å². The lowest BCUT2D eigenvalue weighted by atomic mass is 9.98. The fourth-order valence-corrected chi connectivity index (χ4v) is 4.29. The second-order valence-electron chi connectivity index (χ2n) is 7.98. The third-order valence-electron chi connectivity index (χ3n) is 5.31. The second kappa shape index (κ2) is 6.46. The molecular weight excluding hydrogens is 333 g/mol. The van der Waals surface area contributed by atoms with Crippen LogP contribution >= 0.6 is 0 Å². The van der Waals surface area contributed by atoms with Crippen LogP contribution in [-0.2, 0) is 15.6 Å². The Bertz CT molecular complexity index is 591. The third-order valence-corrected chi connectivity index (χ3v) is 9.80. The molecule has 0 aromatic heterocycles. The lowest BCUT2D eigenvalue weighted by Crippen LogP contribution is -2.41. The van der Waals surface area contributed by atoms with Gasteiger partial charge in [-0.1, -0.05) is 39.0 Å². The van der Waals surface area contributed by atoms with Crippen molar-refractivity contribution in [1.82, 2.24) is 0 Å². The zero-order valence-electron chi connectivity index (χ0n) is 15.3. The van der Waals surface area contributed by atoms with Gasteiger partial charge >= 0.3 is 6.18 Å². The van der Waals surface area contributed by atoms with Crippen molar-refractivity contribution < 1.29 is 22.3 Å². The third kappa shape index (κ3) is 3.70. The molecular formula is C18H27F3O2Si. The SMILES string of the molecule is COC(c1cccc2c1CC[C@@H]2O[Si](C)(C)C(C)(C)C)C(F)(F)F. The summed E-state index contributed by atoms with van der Waals surface area (Å²) in [6, 6.07) is 5.10. The van der Waals surface area contributed by atoms with E-state index in [4.69, 9.17) is 9.16 Å². The van der Waals surface area contributed by atoms with Crippen LogP contribution in [0.1, 0.15) is 56.1 Å². The Balaban J connectivity index is 2.35. The van der Waals surface area contributed by atoms with Gasteiger partial charge < -0.3 is 9.16 Å². The molecule has 0 fully saturated rings. The smallest absolute Gasteiger partial charge is 0.410 e. The summed E-state index contributed by atoms with van der Waals surface area (Å²) in [6.07, 6.45) is -5.08. The van der Waals surface area contributed by atoms with Crippen LogP contribution in [0.2, 0.25) is 18.1 Å². The molecule has 0 saturated heterocycles. The molecule has 6 heteroatoms. The standard InChI is InChI=1S/C18H27F3O2Si/c1-17(2,3)24(5,6)23-15-11-10-12-13(15)8-7-9-14(12)16(22-4)18(19,20)21/h7-9,15-16H,10-11H2,1-6H3/t15-,16?/m0/s1. The van der Waals surface area contributed by atoms with Crippen molar-refractivity contribution in [2.45, 2.75) is 70.1 Å². The highest BCUT2D eigenvalue weighted by molar-refractivity contribution is 6.74. The Morgan fingerprint density at radius 2 is 1.79 bits per heavy atom. The fraction of sp³-hybridized carbons (Fsp3) is 0.667. The predicted molar refractivity (Wildman–Crippen MR) is 91.6 cm³/mol. The number of fused-ring (bicyclic) bond motifs is 1. The van der Waals surface area contributed by atoms with Gasteiger partial charge in [0.25, 0.3) is 0 Å². The molecule has 1 aliphatic rings. The number of rotatable bonds is 4. The summed E-state index contributed by atoms with van der Waals surface area (Å²) in [4.78, 5) is 0. The first kappa shape index (κ1) is 19.5. The molecule has 2 rings (SSSR count). The quantitative estimate of drug-likeness (QED) is 0.618. The summed E-state index contributed by atoms with van der Waals surface area (Å²) in [5.41, 5.74) is 1.86. The molecule has 1 aliphatic carbocycles. The van der Waals surface area contributed by atoms with E-state index < -0.39 is 20.6 Å². The van der Waals surface area contributed by atoms with Crippen LogP contribution in [0.15, 0.2) is 18.2 Å². The van der Waals surface area contributed by atoms with Crippen molar-refractivity contribution in [1.29, 1.82) is 0 Å². The zero-order chi connectivity index (χ0) is 18.3. The van der Waals surface area contributed by atoms with Gasteiger partial charge in [-0.25, -0.2) is 0 Å². The van der Waals surface area contributed by atoms with E-state index in [0.29, 0.717) is 6.42 Å². The molecule has 0 aliphatic heterocycles.